The number of fused-ring (bicyclic) bond motifs is 1. The number of hydrogen-bond donors (Lipinski definition) is 1. The SMILES string of the molecule is Cn1c(CN2CC[C@H](O)C2)nc2ccccc2c1=O. The van der Waals surface area contributed by atoms with Gasteiger partial charge in [0.15, 0.2) is 0 Å². The van der Waals surface area contributed by atoms with Crippen LogP contribution in [0.4, 0.5) is 0 Å². The van der Waals surface area contributed by atoms with Gasteiger partial charge in [0.2, 0.25) is 0 Å². The van der Waals surface area contributed by atoms with Gasteiger partial charge in [-0.1, -0.05) is 12.1 Å². The lowest BCUT2D eigenvalue weighted by Crippen LogP contribution is -2.29. The summed E-state index contributed by atoms with van der Waals surface area (Å²) in [5.74, 6) is 0.748. The highest BCUT2D eigenvalue weighted by Gasteiger charge is 2.21. The molecule has 1 N–H and O–H groups in total. The van der Waals surface area contributed by atoms with Crippen LogP contribution in [-0.4, -0.2) is 38.8 Å². The Balaban J connectivity index is 1.99. The summed E-state index contributed by atoms with van der Waals surface area (Å²) in [4.78, 5) is 18.9. The molecule has 2 heterocycles. The van der Waals surface area contributed by atoms with Crippen LogP contribution < -0.4 is 5.56 Å². The zero-order valence-electron chi connectivity index (χ0n) is 10.9. The van der Waals surface area contributed by atoms with Crippen LogP contribution in [0.25, 0.3) is 10.9 Å². The van der Waals surface area contributed by atoms with Gasteiger partial charge in [0.25, 0.3) is 5.56 Å². The number of nitrogens with zero attached hydrogens (tertiary/aromatic N) is 3. The average Bonchev–Trinajstić information content (AvgIpc) is 2.81. The van der Waals surface area contributed by atoms with Gasteiger partial charge in [-0.05, 0) is 18.6 Å². The molecule has 1 aromatic carbocycles. The number of aromatic nitrogens is 2. The summed E-state index contributed by atoms with van der Waals surface area (Å²) in [6, 6.07) is 7.40. The molecule has 5 heteroatoms. The molecule has 100 valence electrons. The molecule has 5 nitrogen and oxygen atoms in total. The lowest BCUT2D eigenvalue weighted by molar-refractivity contribution is 0.173. The molecule has 0 amide bonds. The van der Waals surface area contributed by atoms with E-state index in [0.29, 0.717) is 18.5 Å². The lowest BCUT2D eigenvalue weighted by Gasteiger charge is -2.16. The number of rotatable bonds is 2. The maximum absolute atomic E-state index is 12.2. The van der Waals surface area contributed by atoms with Gasteiger partial charge in [-0.3, -0.25) is 14.3 Å². The van der Waals surface area contributed by atoms with Crippen molar-refractivity contribution in [1.82, 2.24) is 14.5 Å². The summed E-state index contributed by atoms with van der Waals surface area (Å²) in [7, 11) is 1.75. The standard InChI is InChI=1S/C14H17N3O2/c1-16-13(9-17-7-6-10(18)8-17)15-12-5-3-2-4-11(12)14(16)19/h2-5,10,18H,6-9H2,1H3/t10-/m0/s1. The highest BCUT2D eigenvalue weighted by Crippen LogP contribution is 2.13. The van der Waals surface area contributed by atoms with Crippen molar-refractivity contribution in [2.75, 3.05) is 13.1 Å². The Morgan fingerprint density at radius 1 is 1.42 bits per heavy atom. The molecule has 0 radical (unpaired) electrons. The highest BCUT2D eigenvalue weighted by atomic mass is 16.3. The molecule has 1 aliphatic rings. The third kappa shape index (κ3) is 2.27. The molecule has 0 bridgehead atoms. The van der Waals surface area contributed by atoms with Crippen molar-refractivity contribution in [3.05, 3.63) is 40.4 Å². The minimum Gasteiger partial charge on any atom is -0.392 e. The first-order valence-corrected chi connectivity index (χ1v) is 6.50. The number of para-hydroxylation sites is 1. The maximum Gasteiger partial charge on any atom is 0.261 e. The van der Waals surface area contributed by atoms with Crippen molar-refractivity contribution >= 4 is 10.9 Å². The second-order valence-corrected chi connectivity index (χ2v) is 5.09. The van der Waals surface area contributed by atoms with Crippen molar-refractivity contribution in [2.45, 2.75) is 19.1 Å². The van der Waals surface area contributed by atoms with E-state index in [1.807, 2.05) is 18.2 Å². The first kappa shape index (κ1) is 12.3. The fraction of sp³-hybridized carbons (Fsp3) is 0.429. The van der Waals surface area contributed by atoms with E-state index in [2.05, 4.69) is 9.88 Å². The topological polar surface area (TPSA) is 58.4 Å². The Morgan fingerprint density at radius 3 is 2.95 bits per heavy atom. The number of aliphatic hydroxyl groups is 1. The van der Waals surface area contributed by atoms with Gasteiger partial charge in [0.05, 0.1) is 23.6 Å². The van der Waals surface area contributed by atoms with Gasteiger partial charge in [-0.25, -0.2) is 4.98 Å². The van der Waals surface area contributed by atoms with Gasteiger partial charge in [-0.2, -0.15) is 0 Å². The monoisotopic (exact) mass is 259 g/mol. The van der Waals surface area contributed by atoms with Gasteiger partial charge in [-0.15, -0.1) is 0 Å². The van der Waals surface area contributed by atoms with E-state index >= 15 is 0 Å². The Morgan fingerprint density at radius 2 is 2.21 bits per heavy atom. The molecule has 1 saturated heterocycles. The number of likely N-dealkylation sites (tertiary alicyclic amines) is 1. The van der Waals surface area contributed by atoms with Crippen molar-refractivity contribution in [2.24, 2.45) is 7.05 Å². The first-order valence-electron chi connectivity index (χ1n) is 6.50. The molecule has 0 aliphatic carbocycles. The molecular formula is C14H17N3O2. The molecule has 3 rings (SSSR count). The second-order valence-electron chi connectivity index (χ2n) is 5.09. The molecule has 1 aliphatic heterocycles. The van der Waals surface area contributed by atoms with Gasteiger partial charge >= 0.3 is 0 Å². The molecule has 0 spiro atoms. The van der Waals surface area contributed by atoms with Crippen LogP contribution in [0.3, 0.4) is 0 Å². The van der Waals surface area contributed by atoms with E-state index in [-0.39, 0.29) is 11.7 Å². The number of hydrogen-bond acceptors (Lipinski definition) is 4. The summed E-state index contributed by atoms with van der Waals surface area (Å²) in [6.45, 7) is 2.11. The smallest absolute Gasteiger partial charge is 0.261 e. The summed E-state index contributed by atoms with van der Waals surface area (Å²) < 4.78 is 1.60. The Labute approximate surface area is 111 Å². The Bertz CT molecular complexity index is 665. The first-order chi connectivity index (χ1) is 9.15. The van der Waals surface area contributed by atoms with E-state index in [9.17, 15) is 9.90 Å². The van der Waals surface area contributed by atoms with E-state index < -0.39 is 0 Å². The van der Waals surface area contributed by atoms with Gasteiger partial charge in [0, 0.05) is 20.1 Å². The predicted octanol–water partition coefficient (Wildman–Crippen LogP) is 0.500. The van der Waals surface area contributed by atoms with Crippen LogP contribution in [0.5, 0.6) is 0 Å². The molecule has 2 aromatic rings. The Hall–Kier alpha value is -1.72. The van der Waals surface area contributed by atoms with E-state index in [1.165, 1.54) is 0 Å². The quantitative estimate of drug-likeness (QED) is 0.853. The molecule has 0 saturated carbocycles. The van der Waals surface area contributed by atoms with Crippen LogP contribution in [0.1, 0.15) is 12.2 Å². The minimum atomic E-state index is -0.252. The van der Waals surface area contributed by atoms with Crippen LogP contribution >= 0.6 is 0 Å². The summed E-state index contributed by atoms with van der Waals surface area (Å²) in [5, 5.41) is 10.2. The van der Waals surface area contributed by atoms with Gasteiger partial charge < -0.3 is 5.11 Å². The van der Waals surface area contributed by atoms with Crippen LogP contribution in [0, 0.1) is 0 Å². The van der Waals surface area contributed by atoms with Crippen LogP contribution in [0.2, 0.25) is 0 Å². The molecule has 1 fully saturated rings. The molecule has 1 aromatic heterocycles. The number of benzene rings is 1. The zero-order chi connectivity index (χ0) is 13.4. The van der Waals surface area contributed by atoms with E-state index in [1.54, 1.807) is 17.7 Å². The predicted molar refractivity (Wildman–Crippen MR) is 72.9 cm³/mol. The molecule has 1 atom stereocenters. The third-order valence-corrected chi connectivity index (χ3v) is 3.69. The highest BCUT2D eigenvalue weighted by molar-refractivity contribution is 5.77. The fourth-order valence-corrected chi connectivity index (χ4v) is 2.56. The average molecular weight is 259 g/mol. The van der Waals surface area contributed by atoms with Crippen molar-refractivity contribution < 1.29 is 5.11 Å². The van der Waals surface area contributed by atoms with Crippen molar-refractivity contribution in [3.63, 3.8) is 0 Å². The lowest BCUT2D eigenvalue weighted by atomic mass is 10.2. The fourth-order valence-electron chi connectivity index (χ4n) is 2.56. The van der Waals surface area contributed by atoms with E-state index in [4.69, 9.17) is 0 Å². The zero-order valence-corrected chi connectivity index (χ0v) is 10.9. The summed E-state index contributed by atoms with van der Waals surface area (Å²) in [5.41, 5.74) is 0.723. The summed E-state index contributed by atoms with van der Waals surface area (Å²) >= 11 is 0. The molecule has 19 heavy (non-hydrogen) atoms. The largest absolute Gasteiger partial charge is 0.392 e. The minimum absolute atomic E-state index is 0.0136. The van der Waals surface area contributed by atoms with Crippen LogP contribution in [0.15, 0.2) is 29.1 Å². The number of aliphatic hydroxyl groups excluding tert-OH is 1. The summed E-state index contributed by atoms with van der Waals surface area (Å²) in [6.07, 6.45) is 0.541. The molecule has 0 unspecified atom stereocenters. The van der Waals surface area contributed by atoms with Crippen molar-refractivity contribution in [1.29, 1.82) is 0 Å². The second kappa shape index (κ2) is 4.75. The van der Waals surface area contributed by atoms with E-state index in [0.717, 1.165) is 24.3 Å². The van der Waals surface area contributed by atoms with Gasteiger partial charge in [0.1, 0.15) is 5.82 Å². The molecular weight excluding hydrogens is 242 g/mol. The number of β-amino-alcohol motifs (C(OH)–C–C–N with tert-alkyl or cyclic N) is 1. The van der Waals surface area contributed by atoms with Crippen LogP contribution in [-0.2, 0) is 13.6 Å². The van der Waals surface area contributed by atoms with Crippen molar-refractivity contribution in [3.8, 4) is 0 Å². The normalized spacial score (nSPS) is 20.2. The Kier molecular flexibility index (Phi) is 3.08. The maximum atomic E-state index is 12.2. The third-order valence-electron chi connectivity index (χ3n) is 3.69.